The van der Waals surface area contributed by atoms with E-state index in [9.17, 15) is 4.79 Å². The molecule has 102 valence electrons. The summed E-state index contributed by atoms with van der Waals surface area (Å²) in [6.07, 6.45) is 8.58. The fourth-order valence-electron chi connectivity index (χ4n) is 1.60. The number of ether oxygens (including phenoxy) is 1. The predicted octanol–water partition coefficient (Wildman–Crippen LogP) is 2.73. The van der Waals surface area contributed by atoms with Gasteiger partial charge in [-0.1, -0.05) is 30.7 Å². The summed E-state index contributed by atoms with van der Waals surface area (Å²) in [6.45, 7) is 4.58. The molecule has 0 aliphatic rings. The van der Waals surface area contributed by atoms with Gasteiger partial charge in [0, 0.05) is 12.7 Å². The summed E-state index contributed by atoms with van der Waals surface area (Å²) in [5, 5.41) is 2.80. The summed E-state index contributed by atoms with van der Waals surface area (Å²) in [5.74, 6) is 0.153. The minimum absolute atomic E-state index is 0.187. The number of hydrogen-bond donors (Lipinski definition) is 1. The highest BCUT2D eigenvalue weighted by molar-refractivity contribution is 5.96. The van der Waals surface area contributed by atoms with Crippen LogP contribution in [-0.2, 0) is 0 Å². The molecule has 0 radical (unpaired) electrons. The van der Waals surface area contributed by atoms with Gasteiger partial charge in [-0.2, -0.15) is 0 Å². The molecule has 1 N–H and O–H groups in total. The van der Waals surface area contributed by atoms with Gasteiger partial charge < -0.3 is 10.1 Å². The van der Waals surface area contributed by atoms with E-state index in [0.29, 0.717) is 18.0 Å². The van der Waals surface area contributed by atoms with Gasteiger partial charge in [0.2, 0.25) is 5.88 Å². The highest BCUT2D eigenvalue weighted by atomic mass is 16.5. The van der Waals surface area contributed by atoms with Crippen LogP contribution in [0.4, 0.5) is 0 Å². The first-order chi connectivity index (χ1) is 9.22. The maximum absolute atomic E-state index is 11.9. The van der Waals surface area contributed by atoms with Crippen LogP contribution >= 0.6 is 0 Å². The van der Waals surface area contributed by atoms with Crippen molar-refractivity contribution in [2.24, 2.45) is 0 Å². The van der Waals surface area contributed by atoms with E-state index in [0.717, 1.165) is 6.42 Å². The largest absolute Gasteiger partial charge is 0.480 e. The molecule has 0 fully saturated rings. The molecule has 1 heterocycles. The van der Waals surface area contributed by atoms with Crippen molar-refractivity contribution >= 4 is 5.91 Å². The first kappa shape index (κ1) is 15.0. The molecule has 19 heavy (non-hydrogen) atoms. The van der Waals surface area contributed by atoms with Gasteiger partial charge >= 0.3 is 0 Å². The van der Waals surface area contributed by atoms with Gasteiger partial charge in [0.05, 0.1) is 7.11 Å². The Morgan fingerprint density at radius 2 is 2.32 bits per heavy atom. The van der Waals surface area contributed by atoms with Crippen LogP contribution in [0.2, 0.25) is 0 Å². The van der Waals surface area contributed by atoms with Crippen LogP contribution in [0.5, 0.6) is 5.88 Å². The lowest BCUT2D eigenvalue weighted by Crippen LogP contribution is -2.24. The first-order valence-corrected chi connectivity index (χ1v) is 6.31. The summed E-state index contributed by atoms with van der Waals surface area (Å²) < 4.78 is 5.05. The Labute approximate surface area is 114 Å². The number of methoxy groups -OCH3 is 1. The van der Waals surface area contributed by atoms with Crippen molar-refractivity contribution < 1.29 is 9.53 Å². The Bertz CT molecular complexity index is 479. The monoisotopic (exact) mass is 260 g/mol. The lowest BCUT2D eigenvalue weighted by molar-refractivity contribution is 0.0954. The second-order valence-corrected chi connectivity index (χ2v) is 3.89. The minimum Gasteiger partial charge on any atom is -0.480 e. The normalized spacial score (nSPS) is 11.6. The summed E-state index contributed by atoms with van der Waals surface area (Å²) >= 11 is 0. The standard InChI is InChI=1S/C15H20N2O2/c1-4-12(5-2)8-6-10-16-14(18)13-9-7-11-17-15(13)19-3/h4,6-9,11H,5,10H2,1-3H3,(H,16,18)/b8-6-,12-4+. The highest BCUT2D eigenvalue weighted by Crippen LogP contribution is 2.12. The molecule has 1 amide bonds. The number of pyridine rings is 1. The number of carbonyl (C=O) groups excluding carboxylic acids is 1. The van der Waals surface area contributed by atoms with Crippen molar-refractivity contribution in [2.45, 2.75) is 20.3 Å². The van der Waals surface area contributed by atoms with Gasteiger partial charge in [-0.25, -0.2) is 4.98 Å². The molecule has 0 bridgehead atoms. The second kappa shape index (κ2) is 8.08. The van der Waals surface area contributed by atoms with E-state index in [1.807, 2.05) is 19.1 Å². The quantitative estimate of drug-likeness (QED) is 0.800. The van der Waals surface area contributed by atoms with E-state index >= 15 is 0 Å². The Morgan fingerprint density at radius 3 is 2.95 bits per heavy atom. The molecule has 1 rings (SSSR count). The maximum atomic E-state index is 11.9. The number of allylic oxidation sites excluding steroid dienone is 3. The topological polar surface area (TPSA) is 51.2 Å². The van der Waals surface area contributed by atoms with Crippen molar-refractivity contribution in [3.8, 4) is 5.88 Å². The number of nitrogens with one attached hydrogen (secondary N) is 1. The van der Waals surface area contributed by atoms with E-state index in [1.54, 1.807) is 18.3 Å². The van der Waals surface area contributed by atoms with Gasteiger partial charge in [0.25, 0.3) is 5.91 Å². The average Bonchev–Trinajstić information content (AvgIpc) is 2.47. The SMILES string of the molecule is C/C=C(/C=C\CNC(=O)c1cccnc1OC)CC. The van der Waals surface area contributed by atoms with E-state index in [1.165, 1.54) is 12.7 Å². The summed E-state index contributed by atoms with van der Waals surface area (Å²) in [5.41, 5.74) is 1.69. The van der Waals surface area contributed by atoms with Crippen molar-refractivity contribution in [3.05, 3.63) is 47.7 Å². The molecular formula is C15H20N2O2. The van der Waals surface area contributed by atoms with Gasteiger partial charge in [0.1, 0.15) is 5.56 Å². The first-order valence-electron chi connectivity index (χ1n) is 6.31. The van der Waals surface area contributed by atoms with Gasteiger partial charge in [-0.3, -0.25) is 4.79 Å². The van der Waals surface area contributed by atoms with Crippen LogP contribution < -0.4 is 10.1 Å². The molecule has 0 atom stereocenters. The van der Waals surface area contributed by atoms with Crippen LogP contribution in [0, 0.1) is 0 Å². The van der Waals surface area contributed by atoms with Crippen LogP contribution in [0.15, 0.2) is 42.1 Å². The smallest absolute Gasteiger partial charge is 0.257 e. The highest BCUT2D eigenvalue weighted by Gasteiger charge is 2.11. The molecule has 0 aromatic carbocycles. The summed E-state index contributed by atoms with van der Waals surface area (Å²) in [4.78, 5) is 15.9. The number of aromatic nitrogens is 1. The minimum atomic E-state index is -0.187. The molecule has 0 aliphatic carbocycles. The fraction of sp³-hybridized carbons (Fsp3) is 0.333. The maximum Gasteiger partial charge on any atom is 0.257 e. The number of carbonyl (C=O) groups is 1. The molecule has 0 spiro atoms. The Hall–Kier alpha value is -2.10. The average molecular weight is 260 g/mol. The fourth-order valence-corrected chi connectivity index (χ4v) is 1.60. The third kappa shape index (κ3) is 4.58. The molecular weight excluding hydrogens is 240 g/mol. The van der Waals surface area contributed by atoms with Crippen molar-refractivity contribution in [1.29, 1.82) is 0 Å². The Kier molecular flexibility index (Phi) is 6.36. The molecule has 0 saturated carbocycles. The zero-order chi connectivity index (χ0) is 14.1. The number of rotatable bonds is 6. The van der Waals surface area contributed by atoms with Crippen molar-refractivity contribution in [3.63, 3.8) is 0 Å². The molecule has 0 saturated heterocycles. The number of nitrogens with zero attached hydrogens (tertiary/aromatic N) is 1. The second-order valence-electron chi connectivity index (χ2n) is 3.89. The third-order valence-corrected chi connectivity index (χ3v) is 2.70. The zero-order valence-electron chi connectivity index (χ0n) is 11.6. The number of hydrogen-bond acceptors (Lipinski definition) is 3. The summed E-state index contributed by atoms with van der Waals surface area (Å²) in [7, 11) is 1.50. The van der Waals surface area contributed by atoms with Crippen LogP contribution in [0.1, 0.15) is 30.6 Å². The molecule has 1 aromatic rings. The van der Waals surface area contributed by atoms with E-state index in [-0.39, 0.29) is 5.91 Å². The van der Waals surface area contributed by atoms with Crippen LogP contribution in [-0.4, -0.2) is 24.5 Å². The Morgan fingerprint density at radius 1 is 1.53 bits per heavy atom. The molecule has 4 heteroatoms. The Balaban J connectivity index is 2.57. The van der Waals surface area contributed by atoms with Crippen molar-refractivity contribution in [2.75, 3.05) is 13.7 Å². The lowest BCUT2D eigenvalue weighted by Gasteiger charge is -2.06. The predicted molar refractivity (Wildman–Crippen MR) is 76.3 cm³/mol. The van der Waals surface area contributed by atoms with Gasteiger partial charge in [-0.05, 0) is 25.5 Å². The molecule has 0 unspecified atom stereocenters. The molecule has 4 nitrogen and oxygen atoms in total. The molecule has 1 aromatic heterocycles. The van der Waals surface area contributed by atoms with Gasteiger partial charge in [-0.15, -0.1) is 0 Å². The summed E-state index contributed by atoms with van der Waals surface area (Å²) in [6, 6.07) is 3.40. The van der Waals surface area contributed by atoms with E-state index in [4.69, 9.17) is 4.74 Å². The van der Waals surface area contributed by atoms with Crippen LogP contribution in [0.25, 0.3) is 0 Å². The van der Waals surface area contributed by atoms with Crippen LogP contribution in [0.3, 0.4) is 0 Å². The number of amides is 1. The zero-order valence-corrected chi connectivity index (χ0v) is 11.6. The van der Waals surface area contributed by atoms with E-state index < -0.39 is 0 Å². The molecule has 0 aliphatic heterocycles. The van der Waals surface area contributed by atoms with Crippen molar-refractivity contribution in [1.82, 2.24) is 10.3 Å². The lowest BCUT2D eigenvalue weighted by atomic mass is 10.2. The third-order valence-electron chi connectivity index (χ3n) is 2.70. The van der Waals surface area contributed by atoms with Gasteiger partial charge in [0.15, 0.2) is 0 Å². The van der Waals surface area contributed by atoms with E-state index in [2.05, 4.69) is 23.3 Å².